The van der Waals surface area contributed by atoms with Crippen molar-refractivity contribution in [3.63, 3.8) is 0 Å². The van der Waals surface area contributed by atoms with E-state index < -0.39 is 0 Å². The van der Waals surface area contributed by atoms with Crippen LogP contribution in [0, 0.1) is 39.4 Å². The van der Waals surface area contributed by atoms with E-state index in [1.807, 2.05) is 12.1 Å². The summed E-state index contributed by atoms with van der Waals surface area (Å²) in [5, 5.41) is 28.0. The highest BCUT2D eigenvalue weighted by atomic mass is 15.2. The van der Waals surface area contributed by atoms with Gasteiger partial charge in [-0.3, -0.25) is 0 Å². The van der Waals surface area contributed by atoms with Crippen molar-refractivity contribution in [3.05, 3.63) is 22.4 Å². The average Bonchev–Trinajstić information content (AvgIpc) is 2.48. The highest BCUT2D eigenvalue weighted by Gasteiger charge is 2.36. The fraction of sp³-hybridized carbons (Fsp3) is 0.588. The van der Waals surface area contributed by atoms with Crippen LogP contribution in [0.1, 0.15) is 46.0 Å². The van der Waals surface area contributed by atoms with Crippen molar-refractivity contribution in [2.24, 2.45) is 11.1 Å². The lowest BCUT2D eigenvalue weighted by molar-refractivity contribution is 0.169. The summed E-state index contributed by atoms with van der Waals surface area (Å²) in [5.74, 6) is 0. The van der Waals surface area contributed by atoms with Crippen LogP contribution in [-0.4, -0.2) is 17.6 Å². The smallest absolute Gasteiger partial charge is 0.134 e. The molecule has 1 aliphatic carbocycles. The quantitative estimate of drug-likeness (QED) is 0.749. The fourth-order valence-corrected chi connectivity index (χ4v) is 3.39. The number of nitrogens with two attached hydrogens (primary N) is 1. The van der Waals surface area contributed by atoms with Gasteiger partial charge in [-0.05, 0) is 37.5 Å². The van der Waals surface area contributed by atoms with Crippen molar-refractivity contribution >= 4 is 0 Å². The zero-order chi connectivity index (χ0) is 16.3. The Balaban J connectivity index is 2.61. The third-order valence-electron chi connectivity index (χ3n) is 4.42. The Morgan fingerprint density at radius 2 is 1.86 bits per heavy atom. The molecule has 0 radical (unpaired) electrons. The van der Waals surface area contributed by atoms with Crippen LogP contribution in [0.15, 0.2) is 22.4 Å². The second-order valence-electron chi connectivity index (χ2n) is 6.78. The first-order chi connectivity index (χ1) is 10.4. The lowest BCUT2D eigenvalue weighted by atomic mass is 9.72. The second-order valence-corrected chi connectivity index (χ2v) is 6.78. The molecule has 1 aliphatic heterocycles. The van der Waals surface area contributed by atoms with Crippen molar-refractivity contribution in [2.45, 2.75) is 52.1 Å². The maximum atomic E-state index is 9.63. The molecule has 2 aliphatic rings. The van der Waals surface area contributed by atoms with Crippen molar-refractivity contribution in [1.29, 1.82) is 15.8 Å². The first-order valence-corrected chi connectivity index (χ1v) is 7.62. The molecule has 22 heavy (non-hydrogen) atoms. The van der Waals surface area contributed by atoms with Gasteiger partial charge >= 0.3 is 0 Å². The molecule has 2 rings (SSSR count). The van der Waals surface area contributed by atoms with Gasteiger partial charge in [-0.25, -0.2) is 0 Å². The lowest BCUT2D eigenvalue weighted by Crippen LogP contribution is -2.46. The summed E-state index contributed by atoms with van der Waals surface area (Å²) in [5.41, 5.74) is 8.16. The van der Waals surface area contributed by atoms with Gasteiger partial charge in [0.15, 0.2) is 0 Å². The van der Waals surface area contributed by atoms with E-state index in [-0.39, 0.29) is 17.2 Å². The van der Waals surface area contributed by atoms with E-state index in [2.05, 4.69) is 24.8 Å². The van der Waals surface area contributed by atoms with Crippen LogP contribution in [-0.2, 0) is 0 Å². The molecule has 2 N–H and O–H groups in total. The number of piperidine rings is 1. The van der Waals surface area contributed by atoms with E-state index in [1.165, 1.54) is 0 Å². The molecular formula is C17H21N5. The molecule has 0 saturated carbocycles. The fourth-order valence-electron chi connectivity index (χ4n) is 3.39. The van der Waals surface area contributed by atoms with Crippen molar-refractivity contribution in [2.75, 3.05) is 6.54 Å². The zero-order valence-electron chi connectivity index (χ0n) is 13.2. The minimum atomic E-state index is -0.0961. The summed E-state index contributed by atoms with van der Waals surface area (Å²) in [4.78, 5) is 2.11. The van der Waals surface area contributed by atoms with Crippen LogP contribution in [0.4, 0.5) is 0 Å². The van der Waals surface area contributed by atoms with E-state index in [9.17, 15) is 15.8 Å². The van der Waals surface area contributed by atoms with E-state index >= 15 is 0 Å². The third kappa shape index (κ3) is 2.98. The van der Waals surface area contributed by atoms with Gasteiger partial charge in [-0.1, -0.05) is 13.8 Å². The van der Waals surface area contributed by atoms with Gasteiger partial charge in [0.1, 0.15) is 23.8 Å². The van der Waals surface area contributed by atoms with Gasteiger partial charge < -0.3 is 10.6 Å². The molecule has 1 fully saturated rings. The molecular weight excluding hydrogens is 274 g/mol. The summed E-state index contributed by atoms with van der Waals surface area (Å²) in [7, 11) is 0. The van der Waals surface area contributed by atoms with Crippen LogP contribution in [0.25, 0.3) is 0 Å². The Kier molecular flexibility index (Phi) is 4.55. The summed E-state index contributed by atoms with van der Waals surface area (Å²) < 4.78 is 0. The van der Waals surface area contributed by atoms with Crippen molar-refractivity contribution in [3.8, 4) is 18.2 Å². The molecule has 0 aromatic rings. The highest BCUT2D eigenvalue weighted by molar-refractivity contribution is 5.57. The second kappa shape index (κ2) is 6.22. The van der Waals surface area contributed by atoms with Crippen LogP contribution in [0.3, 0.4) is 0 Å². The van der Waals surface area contributed by atoms with Crippen LogP contribution >= 0.6 is 0 Å². The van der Waals surface area contributed by atoms with Crippen molar-refractivity contribution < 1.29 is 0 Å². The molecule has 0 spiro atoms. The molecule has 0 aromatic heterocycles. The molecule has 1 heterocycles. The van der Waals surface area contributed by atoms with Crippen molar-refractivity contribution in [1.82, 2.24) is 4.90 Å². The number of nitriles is 3. The first-order valence-electron chi connectivity index (χ1n) is 7.62. The summed E-state index contributed by atoms with van der Waals surface area (Å²) in [6.45, 7) is 5.03. The van der Waals surface area contributed by atoms with E-state index in [1.54, 1.807) is 0 Å². The lowest BCUT2D eigenvalue weighted by Gasteiger charge is -2.43. The molecule has 114 valence electrons. The van der Waals surface area contributed by atoms with Crippen LogP contribution < -0.4 is 5.73 Å². The summed E-state index contributed by atoms with van der Waals surface area (Å²) >= 11 is 0. The van der Waals surface area contributed by atoms with Gasteiger partial charge in [0, 0.05) is 17.8 Å². The number of likely N-dealkylation sites (tertiary alicyclic amines) is 1. The van der Waals surface area contributed by atoms with Crippen LogP contribution in [0.2, 0.25) is 0 Å². The Hall–Kier alpha value is -2.29. The first kappa shape index (κ1) is 16.1. The summed E-state index contributed by atoms with van der Waals surface area (Å²) in [6, 6.07) is 6.11. The molecule has 5 heteroatoms. The Morgan fingerprint density at radius 1 is 1.18 bits per heavy atom. The van der Waals surface area contributed by atoms with E-state index in [0.29, 0.717) is 17.6 Å². The number of hydrogen-bond acceptors (Lipinski definition) is 5. The molecule has 0 bridgehead atoms. The number of hydrogen-bond donors (Lipinski definition) is 1. The Labute approximate surface area is 131 Å². The predicted molar refractivity (Wildman–Crippen MR) is 82.4 cm³/mol. The third-order valence-corrected chi connectivity index (χ3v) is 4.42. The van der Waals surface area contributed by atoms with Gasteiger partial charge in [-0.15, -0.1) is 0 Å². The minimum absolute atomic E-state index is 0.0485. The number of rotatable bonds is 1. The molecule has 1 unspecified atom stereocenters. The summed E-state index contributed by atoms with van der Waals surface area (Å²) in [6.07, 6.45) is 4.29. The van der Waals surface area contributed by atoms with Crippen LogP contribution in [0.5, 0.6) is 0 Å². The largest absolute Gasteiger partial charge is 0.358 e. The van der Waals surface area contributed by atoms with Gasteiger partial charge in [-0.2, -0.15) is 15.8 Å². The Morgan fingerprint density at radius 3 is 2.41 bits per heavy atom. The maximum Gasteiger partial charge on any atom is 0.134 e. The SMILES string of the molecule is CC1(C)CC(=C(C#N)C#N)C(C#N)=C(N2CCCCC2N)C1. The maximum absolute atomic E-state index is 9.63. The normalized spacial score (nSPS) is 24.3. The van der Waals surface area contributed by atoms with E-state index in [0.717, 1.165) is 37.9 Å². The molecule has 1 atom stereocenters. The van der Waals surface area contributed by atoms with Gasteiger partial charge in [0.05, 0.1) is 11.7 Å². The van der Waals surface area contributed by atoms with Gasteiger partial charge in [0.25, 0.3) is 0 Å². The topological polar surface area (TPSA) is 101 Å². The minimum Gasteiger partial charge on any atom is -0.358 e. The molecule has 0 aromatic carbocycles. The highest BCUT2D eigenvalue weighted by Crippen LogP contribution is 2.44. The Bertz CT molecular complexity index is 632. The molecule has 1 saturated heterocycles. The monoisotopic (exact) mass is 295 g/mol. The van der Waals surface area contributed by atoms with E-state index in [4.69, 9.17) is 5.73 Å². The van der Waals surface area contributed by atoms with Gasteiger partial charge in [0.2, 0.25) is 0 Å². The standard InChI is InChI=1S/C17H21N5/c1-17(2)7-13(12(9-18)10-19)14(11-20)15(8-17)22-6-4-3-5-16(22)21/h16H,3-8,21H2,1-2H3. The zero-order valence-corrected chi connectivity index (χ0v) is 13.2. The number of nitrogens with zero attached hydrogens (tertiary/aromatic N) is 4. The predicted octanol–water partition coefficient (Wildman–Crippen LogP) is 2.70. The number of allylic oxidation sites excluding steroid dienone is 4. The molecule has 0 amide bonds. The molecule has 5 nitrogen and oxygen atoms in total. The average molecular weight is 295 g/mol.